The summed E-state index contributed by atoms with van der Waals surface area (Å²) in [6.45, 7) is -1.80. The summed E-state index contributed by atoms with van der Waals surface area (Å²) in [5, 5.41) is 66.3. The van der Waals surface area contributed by atoms with Crippen LogP contribution >= 0.6 is 0 Å². The number of hydrogen-bond donors (Lipinski definition) is 8. The summed E-state index contributed by atoms with van der Waals surface area (Å²) in [6.07, 6.45) is -2.97. The number of aliphatic hydroxyl groups excluding tert-OH is 4. The first-order valence-corrected chi connectivity index (χ1v) is 13.2. The maximum absolute atomic E-state index is 12.4. The van der Waals surface area contributed by atoms with Crippen LogP contribution in [0.2, 0.25) is 0 Å². The van der Waals surface area contributed by atoms with E-state index in [4.69, 9.17) is 20.6 Å². The fraction of sp³-hybridized carbons (Fsp3) is 0.414. The van der Waals surface area contributed by atoms with E-state index in [1.54, 1.807) is 36.4 Å². The summed E-state index contributed by atoms with van der Waals surface area (Å²) < 4.78 is 16.6. The van der Waals surface area contributed by atoms with Crippen LogP contribution in [0.3, 0.4) is 0 Å². The van der Waals surface area contributed by atoms with E-state index in [0.29, 0.717) is 16.9 Å². The van der Waals surface area contributed by atoms with Crippen molar-refractivity contribution < 1.29 is 59.2 Å². The topological polar surface area (TPSA) is 224 Å². The number of carboxylic acid groups (broad SMARTS) is 1. The van der Waals surface area contributed by atoms with Gasteiger partial charge >= 0.3 is 5.97 Å². The van der Waals surface area contributed by atoms with Gasteiger partial charge in [-0.2, -0.15) is 0 Å². The van der Waals surface area contributed by atoms with Crippen LogP contribution in [-0.2, 0) is 36.9 Å². The van der Waals surface area contributed by atoms with Gasteiger partial charge in [-0.3, -0.25) is 9.59 Å². The Balaban J connectivity index is 1.75. The number of aliphatic carboxylic acids is 1. The highest BCUT2D eigenvalue weighted by Gasteiger charge is 2.55. The van der Waals surface area contributed by atoms with E-state index in [9.17, 15) is 45.0 Å². The predicted octanol–water partition coefficient (Wildman–Crippen LogP) is -1.59. The lowest BCUT2D eigenvalue weighted by atomic mass is 9.88. The first kappa shape index (κ1) is 33.3. The number of para-hydroxylation sites is 1. The summed E-state index contributed by atoms with van der Waals surface area (Å²) in [4.78, 5) is 36.7. The monoisotopic (exact) mass is 602 g/mol. The van der Waals surface area contributed by atoms with E-state index in [0.717, 1.165) is 0 Å². The first-order valence-electron chi connectivity index (χ1n) is 13.2. The number of nitrogens with one attached hydrogen (secondary N) is 2. The highest BCUT2D eigenvalue weighted by Crippen LogP contribution is 2.34. The number of carbonyl (C=O) groups excluding carboxylic acids is 2. The summed E-state index contributed by atoms with van der Waals surface area (Å²) in [5.41, 5.74) is 0.811. The van der Waals surface area contributed by atoms with Crippen LogP contribution in [0.1, 0.15) is 17.5 Å². The predicted molar refractivity (Wildman–Crippen MR) is 147 cm³/mol. The zero-order chi connectivity index (χ0) is 31.6. The Labute approximate surface area is 246 Å². The number of phenols is 1. The minimum atomic E-state index is -2.53. The molecule has 0 aliphatic carbocycles. The number of amides is 2. The average Bonchev–Trinajstić information content (AvgIpc) is 2.99. The highest BCUT2D eigenvalue weighted by molar-refractivity contribution is 5.79. The van der Waals surface area contributed by atoms with Gasteiger partial charge in [0.15, 0.2) is 0 Å². The number of benzene rings is 2. The van der Waals surface area contributed by atoms with Crippen molar-refractivity contribution >= 4 is 17.8 Å². The lowest BCUT2D eigenvalue weighted by molar-refractivity contribution is -0.314. The van der Waals surface area contributed by atoms with E-state index in [-0.39, 0.29) is 25.4 Å². The molecule has 0 bridgehead atoms. The van der Waals surface area contributed by atoms with Crippen molar-refractivity contribution in [3.05, 3.63) is 59.7 Å². The molecule has 0 radical (unpaired) electrons. The van der Waals surface area contributed by atoms with Crippen molar-refractivity contribution in [2.75, 3.05) is 19.8 Å². The second kappa shape index (κ2) is 15.3. The smallest absolute Gasteiger partial charge is 0.364 e. The summed E-state index contributed by atoms with van der Waals surface area (Å²) >= 11 is 0. The maximum atomic E-state index is 12.4. The van der Waals surface area contributed by atoms with Gasteiger partial charge in [0.2, 0.25) is 11.8 Å². The van der Waals surface area contributed by atoms with Crippen LogP contribution in [0.15, 0.2) is 48.5 Å². The SMILES string of the molecule is C#CCOc1ccc(CO[C@]2(C(=O)O)C[C@H](O)[C@@H](NC(=O)CO)[C@H]([C@H](O)[C@H](O)CNC(=O)Cc3ccccc3O)O2)cc1. The van der Waals surface area contributed by atoms with E-state index >= 15 is 0 Å². The molecule has 1 saturated heterocycles. The second-order valence-corrected chi connectivity index (χ2v) is 9.76. The third-order valence-corrected chi connectivity index (χ3v) is 6.67. The Hall–Kier alpha value is -4.23. The van der Waals surface area contributed by atoms with Crippen LogP contribution in [-0.4, -0.2) is 104 Å². The van der Waals surface area contributed by atoms with Crippen molar-refractivity contribution in [2.24, 2.45) is 0 Å². The molecule has 0 spiro atoms. The minimum Gasteiger partial charge on any atom is -0.508 e. The lowest BCUT2D eigenvalue weighted by Crippen LogP contribution is -2.68. The average molecular weight is 603 g/mol. The molecule has 1 heterocycles. The number of terminal acetylenes is 1. The zero-order valence-electron chi connectivity index (χ0n) is 23.0. The summed E-state index contributed by atoms with van der Waals surface area (Å²) in [7, 11) is 0. The maximum Gasteiger partial charge on any atom is 0.364 e. The van der Waals surface area contributed by atoms with Crippen LogP contribution < -0.4 is 15.4 Å². The van der Waals surface area contributed by atoms with Gasteiger partial charge in [-0.05, 0) is 23.8 Å². The van der Waals surface area contributed by atoms with Crippen LogP contribution in [0.25, 0.3) is 0 Å². The van der Waals surface area contributed by atoms with Gasteiger partial charge in [-0.15, -0.1) is 6.42 Å². The van der Waals surface area contributed by atoms with Crippen molar-refractivity contribution in [1.82, 2.24) is 10.6 Å². The summed E-state index contributed by atoms with van der Waals surface area (Å²) in [6, 6.07) is 11.0. The molecule has 8 N–H and O–H groups in total. The molecular formula is C29H34N2O12. The van der Waals surface area contributed by atoms with Gasteiger partial charge in [-0.1, -0.05) is 36.3 Å². The van der Waals surface area contributed by atoms with E-state index in [1.165, 1.54) is 12.1 Å². The molecule has 43 heavy (non-hydrogen) atoms. The minimum absolute atomic E-state index is 0.0492. The Morgan fingerprint density at radius 3 is 2.44 bits per heavy atom. The van der Waals surface area contributed by atoms with Gasteiger partial charge in [0.1, 0.15) is 36.9 Å². The zero-order valence-corrected chi connectivity index (χ0v) is 23.0. The molecule has 1 fully saturated rings. The summed E-state index contributed by atoms with van der Waals surface area (Å²) in [5.74, 6) is -3.08. The van der Waals surface area contributed by atoms with Gasteiger partial charge < -0.3 is 55.5 Å². The van der Waals surface area contributed by atoms with Gasteiger partial charge in [0.25, 0.3) is 5.79 Å². The fourth-order valence-electron chi connectivity index (χ4n) is 4.41. The number of aliphatic hydroxyl groups is 4. The standard InChI is InChI=1S/C29H34N2O12/c1-2-11-41-19-9-7-17(8-10-19)16-42-29(28(39)40)13-21(34)25(31-24(37)15-32)27(43-29)26(38)22(35)14-30-23(36)12-18-5-3-4-6-20(18)33/h1,3-10,21-22,25-27,32-35,38H,11-16H2,(H,30,36)(H,31,37)(H,39,40)/t21-,22+,25+,26+,27+,29+/m0/s1. The molecule has 2 aromatic rings. The Morgan fingerprint density at radius 1 is 1.12 bits per heavy atom. The molecule has 14 heteroatoms. The molecule has 2 amide bonds. The van der Waals surface area contributed by atoms with Crippen molar-refractivity contribution in [1.29, 1.82) is 0 Å². The molecule has 1 aliphatic heterocycles. The normalized spacial score (nSPS) is 22.9. The van der Waals surface area contributed by atoms with Crippen molar-refractivity contribution in [2.45, 2.75) is 55.7 Å². The Kier molecular flexibility index (Phi) is 11.8. The van der Waals surface area contributed by atoms with Crippen molar-refractivity contribution in [3.63, 3.8) is 0 Å². The Bertz CT molecular complexity index is 1300. The number of rotatable bonds is 14. The quantitative estimate of drug-likeness (QED) is 0.115. The molecule has 232 valence electrons. The van der Waals surface area contributed by atoms with E-state index in [1.807, 2.05) is 0 Å². The van der Waals surface area contributed by atoms with Crippen LogP contribution in [0, 0.1) is 12.3 Å². The van der Waals surface area contributed by atoms with Gasteiger partial charge in [-0.25, -0.2) is 4.79 Å². The largest absolute Gasteiger partial charge is 0.508 e. The van der Waals surface area contributed by atoms with Gasteiger partial charge in [0, 0.05) is 18.5 Å². The van der Waals surface area contributed by atoms with Crippen molar-refractivity contribution in [3.8, 4) is 23.8 Å². The molecule has 3 rings (SSSR count). The lowest BCUT2D eigenvalue weighted by Gasteiger charge is -2.46. The van der Waals surface area contributed by atoms with Crippen LogP contribution in [0.4, 0.5) is 0 Å². The Morgan fingerprint density at radius 2 is 1.81 bits per heavy atom. The molecular weight excluding hydrogens is 568 g/mol. The number of hydrogen-bond acceptors (Lipinski definition) is 11. The third kappa shape index (κ3) is 8.88. The van der Waals surface area contributed by atoms with Crippen LogP contribution in [0.5, 0.6) is 11.5 Å². The number of carbonyl (C=O) groups is 3. The van der Waals surface area contributed by atoms with Gasteiger partial charge in [0.05, 0.1) is 31.3 Å². The number of phenolic OH excluding ortho intramolecular Hbond substituents is 1. The molecule has 6 atom stereocenters. The molecule has 0 aromatic heterocycles. The number of carboxylic acids is 1. The molecule has 14 nitrogen and oxygen atoms in total. The third-order valence-electron chi connectivity index (χ3n) is 6.67. The molecule has 2 aromatic carbocycles. The first-order chi connectivity index (χ1) is 20.5. The molecule has 1 aliphatic rings. The molecule has 0 saturated carbocycles. The highest BCUT2D eigenvalue weighted by atomic mass is 16.7. The van der Waals surface area contributed by atoms with E-state index in [2.05, 4.69) is 16.6 Å². The van der Waals surface area contributed by atoms with E-state index < -0.39 is 73.6 Å². The second-order valence-electron chi connectivity index (χ2n) is 9.76. The fourth-order valence-corrected chi connectivity index (χ4v) is 4.41. The number of ether oxygens (including phenoxy) is 3. The number of aromatic hydroxyl groups is 1. The molecule has 0 unspecified atom stereocenters.